The van der Waals surface area contributed by atoms with E-state index in [-0.39, 0.29) is 10.8 Å². The van der Waals surface area contributed by atoms with E-state index in [1.165, 1.54) is 0 Å². The molecule has 0 aromatic heterocycles. The average Bonchev–Trinajstić information content (AvgIpc) is 2.59. The summed E-state index contributed by atoms with van der Waals surface area (Å²) in [6.07, 6.45) is 3.25. The Hall–Kier alpha value is 0.411. The van der Waals surface area contributed by atoms with Crippen molar-refractivity contribution in [2.45, 2.75) is 84.5 Å². The lowest BCUT2D eigenvalue weighted by atomic mass is 9.84. The van der Waals surface area contributed by atoms with E-state index in [9.17, 15) is 0 Å². The predicted molar refractivity (Wildman–Crippen MR) is 138 cm³/mol. The second-order valence-corrected chi connectivity index (χ2v) is 24.6. The Morgan fingerprint density at radius 1 is 0.719 bits per heavy atom. The summed E-state index contributed by atoms with van der Waals surface area (Å²) in [4.78, 5) is 0. The van der Waals surface area contributed by atoms with Crippen molar-refractivity contribution < 1.29 is 27.2 Å². The summed E-state index contributed by atoms with van der Waals surface area (Å²) < 4.78 is 36.0. The van der Waals surface area contributed by atoms with E-state index in [1.807, 2.05) is 0 Å². The van der Waals surface area contributed by atoms with Crippen LogP contribution in [0.1, 0.15) is 33.1 Å². The Balaban J connectivity index is 1.62. The summed E-state index contributed by atoms with van der Waals surface area (Å²) >= 11 is 0. The van der Waals surface area contributed by atoms with Crippen molar-refractivity contribution in [3.05, 3.63) is 0 Å². The quantitative estimate of drug-likeness (QED) is 0.194. The predicted octanol–water partition coefficient (Wildman–Crippen LogP) is 5.41. The zero-order valence-electron chi connectivity index (χ0n) is 22.1. The first-order valence-electron chi connectivity index (χ1n) is 12.5. The van der Waals surface area contributed by atoms with Crippen LogP contribution >= 0.6 is 0 Å². The molecule has 9 heteroatoms. The third-order valence-electron chi connectivity index (χ3n) is 6.51. The van der Waals surface area contributed by atoms with Crippen LogP contribution in [0, 0.1) is 10.8 Å². The maximum Gasteiger partial charge on any atom is 0.311 e. The lowest BCUT2D eigenvalue weighted by Gasteiger charge is -2.40. The van der Waals surface area contributed by atoms with Crippen LogP contribution in [0.25, 0.3) is 0 Å². The maximum absolute atomic E-state index is 6.73. The molecule has 190 valence electrons. The zero-order chi connectivity index (χ0) is 23.9. The van der Waals surface area contributed by atoms with Crippen molar-refractivity contribution in [3.8, 4) is 0 Å². The van der Waals surface area contributed by atoms with Crippen molar-refractivity contribution >= 4 is 25.2 Å². The smallest absolute Gasteiger partial charge is 0.311 e. The molecule has 0 radical (unpaired) electrons. The van der Waals surface area contributed by atoms with Gasteiger partial charge in [-0.25, -0.2) is 0 Å². The molecule has 0 aliphatic carbocycles. The lowest BCUT2D eigenvalue weighted by molar-refractivity contribution is -0.150. The standard InChI is InChI=1S/C23H50O6Si3/c1-9-23(20-27-21-23)19-25-13-11-15-31(5,6)29-32(7,8)28-30(3,4)14-10-12-24-16-22(2)17-26-18-22/h9-21H2,1-8H3. The number of ether oxygens (including phenoxy) is 4. The molecule has 32 heavy (non-hydrogen) atoms. The highest BCUT2D eigenvalue weighted by Gasteiger charge is 2.40. The molecule has 0 amide bonds. The highest BCUT2D eigenvalue weighted by molar-refractivity contribution is 6.87. The Morgan fingerprint density at radius 2 is 1.19 bits per heavy atom. The van der Waals surface area contributed by atoms with Gasteiger partial charge in [-0.15, -0.1) is 0 Å². The van der Waals surface area contributed by atoms with Crippen molar-refractivity contribution in [2.75, 3.05) is 52.9 Å². The van der Waals surface area contributed by atoms with Gasteiger partial charge in [0, 0.05) is 24.0 Å². The molecule has 2 aliphatic rings. The number of hydrogen-bond acceptors (Lipinski definition) is 6. The fraction of sp³-hybridized carbons (Fsp3) is 1.00. The Bertz CT molecular complexity index is 556. The summed E-state index contributed by atoms with van der Waals surface area (Å²) in [5.74, 6) is 0. The molecule has 2 fully saturated rings. The Labute approximate surface area is 200 Å². The summed E-state index contributed by atoms with van der Waals surface area (Å²) in [5, 5.41) is 0. The van der Waals surface area contributed by atoms with E-state index in [1.54, 1.807) is 0 Å². The van der Waals surface area contributed by atoms with Crippen LogP contribution in [0.2, 0.25) is 51.4 Å². The van der Waals surface area contributed by atoms with Gasteiger partial charge in [0.15, 0.2) is 16.6 Å². The fourth-order valence-corrected chi connectivity index (χ4v) is 18.6. The second-order valence-electron chi connectivity index (χ2n) is 12.1. The van der Waals surface area contributed by atoms with Gasteiger partial charge < -0.3 is 27.2 Å². The molecule has 0 aromatic rings. The van der Waals surface area contributed by atoms with Crippen LogP contribution < -0.4 is 0 Å². The van der Waals surface area contributed by atoms with Crippen molar-refractivity contribution in [1.29, 1.82) is 0 Å². The topological polar surface area (TPSA) is 55.4 Å². The van der Waals surface area contributed by atoms with E-state index in [0.29, 0.717) is 0 Å². The van der Waals surface area contributed by atoms with Crippen LogP contribution in [0.15, 0.2) is 0 Å². The maximum atomic E-state index is 6.73. The summed E-state index contributed by atoms with van der Waals surface area (Å²) in [6, 6.07) is 2.22. The van der Waals surface area contributed by atoms with Gasteiger partial charge in [-0.1, -0.05) is 13.8 Å². The third kappa shape index (κ3) is 9.95. The summed E-state index contributed by atoms with van der Waals surface area (Å²) in [5.41, 5.74) is 0.507. The number of rotatable bonds is 17. The molecular formula is C23H50O6Si3. The first-order valence-corrected chi connectivity index (χ1v) is 21.6. The van der Waals surface area contributed by atoms with Gasteiger partial charge >= 0.3 is 8.56 Å². The average molecular weight is 507 g/mol. The third-order valence-corrected chi connectivity index (χ3v) is 18.0. The Kier molecular flexibility index (Phi) is 10.7. The van der Waals surface area contributed by atoms with Gasteiger partial charge in [0.25, 0.3) is 0 Å². The SMILES string of the molecule is CCC1(COCCC[Si](C)(C)O[Si](C)(C)O[Si](C)(C)CCCOCC2(C)COC2)COC1. The fourth-order valence-electron chi connectivity index (χ4n) is 4.57. The van der Waals surface area contributed by atoms with Gasteiger partial charge in [0.2, 0.25) is 0 Å². The molecule has 0 aromatic carbocycles. The van der Waals surface area contributed by atoms with Crippen molar-refractivity contribution in [1.82, 2.24) is 0 Å². The van der Waals surface area contributed by atoms with Crippen LogP contribution in [0.5, 0.6) is 0 Å². The van der Waals surface area contributed by atoms with Crippen LogP contribution in [-0.2, 0) is 27.2 Å². The van der Waals surface area contributed by atoms with Crippen LogP contribution in [0.3, 0.4) is 0 Å². The molecule has 0 saturated carbocycles. The molecule has 0 atom stereocenters. The van der Waals surface area contributed by atoms with E-state index in [4.69, 9.17) is 27.2 Å². The molecule has 0 bridgehead atoms. The van der Waals surface area contributed by atoms with E-state index in [2.05, 4.69) is 53.1 Å². The summed E-state index contributed by atoms with van der Waals surface area (Å²) in [7, 11) is -5.72. The minimum absolute atomic E-state index is 0.233. The van der Waals surface area contributed by atoms with E-state index in [0.717, 1.165) is 84.2 Å². The van der Waals surface area contributed by atoms with Crippen LogP contribution in [0.4, 0.5) is 0 Å². The van der Waals surface area contributed by atoms with Gasteiger partial charge in [0.05, 0.1) is 39.6 Å². The molecule has 2 heterocycles. The minimum atomic E-state index is -2.16. The first-order chi connectivity index (χ1) is 14.8. The van der Waals surface area contributed by atoms with Gasteiger partial charge in [-0.2, -0.15) is 0 Å². The van der Waals surface area contributed by atoms with Gasteiger partial charge in [0.1, 0.15) is 0 Å². The minimum Gasteiger partial charge on any atom is -0.437 e. The van der Waals surface area contributed by atoms with Gasteiger partial charge in [-0.3, -0.25) is 0 Å². The van der Waals surface area contributed by atoms with E-state index >= 15 is 0 Å². The molecule has 2 aliphatic heterocycles. The van der Waals surface area contributed by atoms with Crippen molar-refractivity contribution in [2.24, 2.45) is 10.8 Å². The second kappa shape index (κ2) is 11.9. The molecular weight excluding hydrogens is 457 g/mol. The highest BCUT2D eigenvalue weighted by Crippen LogP contribution is 2.32. The zero-order valence-corrected chi connectivity index (χ0v) is 25.1. The molecule has 0 unspecified atom stereocenters. The molecule has 6 nitrogen and oxygen atoms in total. The normalized spacial score (nSPS) is 20.6. The Morgan fingerprint density at radius 3 is 1.56 bits per heavy atom. The molecule has 2 rings (SSSR count). The monoisotopic (exact) mass is 506 g/mol. The molecule has 0 spiro atoms. The first kappa shape index (κ1) is 28.6. The lowest BCUT2D eigenvalue weighted by Crippen LogP contribution is -2.52. The van der Waals surface area contributed by atoms with Crippen LogP contribution in [-0.4, -0.2) is 78.1 Å². The largest absolute Gasteiger partial charge is 0.437 e. The summed E-state index contributed by atoms with van der Waals surface area (Å²) in [6.45, 7) is 24.8. The van der Waals surface area contributed by atoms with Gasteiger partial charge in [-0.05, 0) is 70.6 Å². The van der Waals surface area contributed by atoms with E-state index < -0.39 is 25.2 Å². The molecule has 2 saturated heterocycles. The number of hydrogen-bond donors (Lipinski definition) is 0. The van der Waals surface area contributed by atoms with Crippen molar-refractivity contribution in [3.63, 3.8) is 0 Å². The highest BCUT2D eigenvalue weighted by atomic mass is 28.5. The molecule has 0 N–H and O–H groups in total.